The molecule has 0 aromatic heterocycles. The summed E-state index contributed by atoms with van der Waals surface area (Å²) in [4.78, 5) is 2.75. The van der Waals surface area contributed by atoms with Crippen molar-refractivity contribution in [1.82, 2.24) is 10.2 Å². The smallest absolute Gasteiger partial charge is 0.0702 e. The van der Waals surface area contributed by atoms with Crippen molar-refractivity contribution >= 4 is 0 Å². The van der Waals surface area contributed by atoms with Crippen molar-refractivity contribution < 1.29 is 4.74 Å². The second-order valence-electron chi connectivity index (χ2n) is 6.85. The summed E-state index contributed by atoms with van der Waals surface area (Å²) >= 11 is 0. The van der Waals surface area contributed by atoms with Gasteiger partial charge in [0.25, 0.3) is 0 Å². The highest BCUT2D eigenvalue weighted by Crippen LogP contribution is 2.32. The van der Waals surface area contributed by atoms with Crippen LogP contribution in [-0.2, 0) is 4.74 Å². The molecule has 2 unspecified atom stereocenters. The highest BCUT2D eigenvalue weighted by atomic mass is 16.5. The van der Waals surface area contributed by atoms with E-state index in [1.165, 1.54) is 71.0 Å². The lowest BCUT2D eigenvalue weighted by Crippen LogP contribution is -2.65. The van der Waals surface area contributed by atoms with Gasteiger partial charge in [-0.05, 0) is 32.1 Å². The number of nitrogens with zero attached hydrogens (tertiary/aromatic N) is 1. The molecule has 0 aromatic carbocycles. The van der Waals surface area contributed by atoms with Crippen molar-refractivity contribution in [3.8, 4) is 0 Å². The van der Waals surface area contributed by atoms with Crippen LogP contribution < -0.4 is 5.32 Å². The molecule has 0 aromatic rings. The molecule has 1 saturated carbocycles. The minimum Gasteiger partial charge on any atom is -0.377 e. The zero-order valence-corrected chi connectivity index (χ0v) is 12.5. The van der Waals surface area contributed by atoms with Gasteiger partial charge in [-0.15, -0.1) is 0 Å². The quantitative estimate of drug-likeness (QED) is 0.849. The molecular weight excluding hydrogens is 236 g/mol. The number of rotatable bonds is 3. The molecule has 2 atom stereocenters. The monoisotopic (exact) mass is 266 g/mol. The largest absolute Gasteiger partial charge is 0.377 e. The van der Waals surface area contributed by atoms with Crippen LogP contribution in [-0.4, -0.2) is 48.8 Å². The standard InChI is InChI=1S/C16H30N2O/c1-2-14-11-17-16(8-4-3-5-9-16)13-18(14)12-15-7-6-10-19-15/h14-15,17H,2-13H2,1H3. The maximum atomic E-state index is 5.86. The van der Waals surface area contributed by atoms with Gasteiger partial charge in [-0.2, -0.15) is 0 Å². The van der Waals surface area contributed by atoms with E-state index >= 15 is 0 Å². The van der Waals surface area contributed by atoms with E-state index in [0.717, 1.165) is 12.6 Å². The number of hydrogen-bond donors (Lipinski definition) is 1. The second kappa shape index (κ2) is 6.11. The van der Waals surface area contributed by atoms with Crippen LogP contribution >= 0.6 is 0 Å². The van der Waals surface area contributed by atoms with Crippen LogP contribution in [0, 0.1) is 0 Å². The predicted molar refractivity (Wildman–Crippen MR) is 78.4 cm³/mol. The molecule has 2 saturated heterocycles. The van der Waals surface area contributed by atoms with Crippen molar-refractivity contribution in [2.45, 2.75) is 76.0 Å². The first kappa shape index (κ1) is 13.8. The summed E-state index contributed by atoms with van der Waals surface area (Å²) in [6.45, 7) is 6.92. The molecule has 0 radical (unpaired) electrons. The molecule has 2 heterocycles. The Morgan fingerprint density at radius 3 is 2.74 bits per heavy atom. The minimum atomic E-state index is 0.433. The van der Waals surface area contributed by atoms with Crippen LogP contribution in [0.1, 0.15) is 58.3 Å². The zero-order valence-electron chi connectivity index (χ0n) is 12.5. The Kier molecular flexibility index (Phi) is 4.45. The van der Waals surface area contributed by atoms with Gasteiger partial charge in [0.1, 0.15) is 0 Å². The van der Waals surface area contributed by atoms with Gasteiger partial charge >= 0.3 is 0 Å². The fourth-order valence-electron chi connectivity index (χ4n) is 4.27. The van der Waals surface area contributed by atoms with E-state index in [9.17, 15) is 0 Å². The van der Waals surface area contributed by atoms with Gasteiger partial charge in [-0.1, -0.05) is 26.2 Å². The lowest BCUT2D eigenvalue weighted by atomic mass is 9.79. The Bertz CT molecular complexity index is 282. The molecule has 19 heavy (non-hydrogen) atoms. The summed E-state index contributed by atoms with van der Waals surface area (Å²) in [5.74, 6) is 0. The Hall–Kier alpha value is -0.120. The van der Waals surface area contributed by atoms with Gasteiger partial charge in [0.05, 0.1) is 6.10 Å². The Morgan fingerprint density at radius 1 is 1.21 bits per heavy atom. The van der Waals surface area contributed by atoms with E-state index in [1.807, 2.05) is 0 Å². The predicted octanol–water partition coefficient (Wildman–Crippen LogP) is 2.55. The van der Waals surface area contributed by atoms with Crippen molar-refractivity contribution in [1.29, 1.82) is 0 Å². The van der Waals surface area contributed by atoms with E-state index in [0.29, 0.717) is 11.6 Å². The minimum absolute atomic E-state index is 0.433. The lowest BCUT2D eigenvalue weighted by Gasteiger charge is -2.50. The van der Waals surface area contributed by atoms with Gasteiger partial charge < -0.3 is 10.1 Å². The van der Waals surface area contributed by atoms with Crippen molar-refractivity contribution in [2.24, 2.45) is 0 Å². The molecule has 1 spiro atoms. The maximum absolute atomic E-state index is 5.86. The molecule has 0 bridgehead atoms. The van der Waals surface area contributed by atoms with Gasteiger partial charge in [0.15, 0.2) is 0 Å². The van der Waals surface area contributed by atoms with E-state index < -0.39 is 0 Å². The van der Waals surface area contributed by atoms with Crippen molar-refractivity contribution in [2.75, 3.05) is 26.2 Å². The van der Waals surface area contributed by atoms with Gasteiger partial charge in [0, 0.05) is 37.8 Å². The average molecular weight is 266 g/mol. The summed E-state index contributed by atoms with van der Waals surface area (Å²) in [6.07, 6.45) is 11.3. The molecule has 1 aliphatic carbocycles. The van der Waals surface area contributed by atoms with Crippen LogP contribution in [0.25, 0.3) is 0 Å². The van der Waals surface area contributed by atoms with Crippen LogP contribution in [0.4, 0.5) is 0 Å². The van der Waals surface area contributed by atoms with E-state index in [-0.39, 0.29) is 0 Å². The van der Waals surface area contributed by atoms with Crippen LogP contribution in [0.15, 0.2) is 0 Å². The van der Waals surface area contributed by atoms with Crippen LogP contribution in [0.5, 0.6) is 0 Å². The summed E-state index contributed by atoms with van der Waals surface area (Å²) in [6, 6.07) is 0.719. The summed E-state index contributed by atoms with van der Waals surface area (Å²) in [5, 5.41) is 3.91. The molecule has 3 aliphatic rings. The van der Waals surface area contributed by atoms with E-state index in [2.05, 4.69) is 17.1 Å². The summed E-state index contributed by atoms with van der Waals surface area (Å²) < 4.78 is 5.86. The van der Waals surface area contributed by atoms with Gasteiger partial charge in [-0.25, -0.2) is 0 Å². The zero-order chi connectivity index (χ0) is 13.1. The first-order valence-electron chi connectivity index (χ1n) is 8.42. The molecule has 3 fully saturated rings. The Balaban J connectivity index is 1.63. The number of hydrogen-bond acceptors (Lipinski definition) is 3. The second-order valence-corrected chi connectivity index (χ2v) is 6.85. The Morgan fingerprint density at radius 2 is 2.05 bits per heavy atom. The third kappa shape index (κ3) is 3.14. The third-order valence-corrected chi connectivity index (χ3v) is 5.48. The lowest BCUT2D eigenvalue weighted by molar-refractivity contribution is 0.00851. The fraction of sp³-hybridized carbons (Fsp3) is 1.00. The molecule has 3 rings (SSSR count). The molecular formula is C16H30N2O. The number of ether oxygens (including phenoxy) is 1. The molecule has 1 N–H and O–H groups in total. The highest BCUT2D eigenvalue weighted by molar-refractivity contribution is 5.00. The van der Waals surface area contributed by atoms with Crippen molar-refractivity contribution in [3.05, 3.63) is 0 Å². The molecule has 2 aliphatic heterocycles. The molecule has 0 amide bonds. The maximum Gasteiger partial charge on any atom is 0.0702 e. The van der Waals surface area contributed by atoms with E-state index in [4.69, 9.17) is 4.74 Å². The first-order valence-corrected chi connectivity index (χ1v) is 8.42. The van der Waals surface area contributed by atoms with E-state index in [1.54, 1.807) is 0 Å². The molecule has 3 nitrogen and oxygen atoms in total. The molecule has 3 heteroatoms. The molecule has 110 valence electrons. The summed E-state index contributed by atoms with van der Waals surface area (Å²) in [5.41, 5.74) is 0.433. The van der Waals surface area contributed by atoms with Gasteiger partial charge in [-0.3, -0.25) is 4.90 Å². The number of piperazine rings is 1. The van der Waals surface area contributed by atoms with Crippen LogP contribution in [0.2, 0.25) is 0 Å². The average Bonchev–Trinajstić information content (AvgIpc) is 2.93. The third-order valence-electron chi connectivity index (χ3n) is 5.48. The number of nitrogens with one attached hydrogen (secondary N) is 1. The highest BCUT2D eigenvalue weighted by Gasteiger charge is 2.40. The Labute approximate surface area is 118 Å². The first-order chi connectivity index (χ1) is 9.31. The fourth-order valence-corrected chi connectivity index (χ4v) is 4.27. The summed E-state index contributed by atoms with van der Waals surface area (Å²) in [7, 11) is 0. The topological polar surface area (TPSA) is 24.5 Å². The van der Waals surface area contributed by atoms with Crippen molar-refractivity contribution in [3.63, 3.8) is 0 Å². The normalized spacial score (nSPS) is 35.8. The van der Waals surface area contributed by atoms with Gasteiger partial charge in [0.2, 0.25) is 0 Å². The SMILES string of the molecule is CCC1CNC2(CCCCC2)CN1CC1CCCO1. The van der Waals surface area contributed by atoms with Crippen LogP contribution in [0.3, 0.4) is 0 Å².